The van der Waals surface area contributed by atoms with Crippen LogP contribution in [0.15, 0.2) is 30.3 Å². The zero-order valence-corrected chi connectivity index (χ0v) is 11.7. The maximum absolute atomic E-state index is 5.68. The molecule has 102 valence electrons. The van der Waals surface area contributed by atoms with Gasteiger partial charge in [0.2, 0.25) is 0 Å². The highest BCUT2D eigenvalue weighted by molar-refractivity contribution is 5.20. The molecular weight excluding hydrogens is 224 g/mol. The van der Waals surface area contributed by atoms with Crippen LogP contribution >= 0.6 is 0 Å². The molecule has 0 aromatic heterocycles. The van der Waals surface area contributed by atoms with Gasteiger partial charge < -0.3 is 15.0 Å². The number of likely N-dealkylation sites (N-methyl/N-ethyl adjacent to an activating group) is 2. The number of nitrogens with zero attached hydrogens (tertiary/aromatic N) is 1. The van der Waals surface area contributed by atoms with Crippen molar-refractivity contribution < 1.29 is 4.74 Å². The van der Waals surface area contributed by atoms with Crippen molar-refractivity contribution >= 4 is 0 Å². The van der Waals surface area contributed by atoms with Gasteiger partial charge in [0, 0.05) is 19.6 Å². The molecule has 0 atom stereocenters. The second-order valence-corrected chi connectivity index (χ2v) is 4.30. The molecule has 18 heavy (non-hydrogen) atoms. The molecule has 0 aliphatic carbocycles. The Kier molecular flexibility index (Phi) is 8.26. The van der Waals surface area contributed by atoms with E-state index in [1.165, 1.54) is 0 Å². The van der Waals surface area contributed by atoms with Gasteiger partial charge in [0.15, 0.2) is 0 Å². The minimum absolute atomic E-state index is 0.793. The van der Waals surface area contributed by atoms with Gasteiger partial charge >= 0.3 is 0 Å². The average molecular weight is 250 g/mol. The van der Waals surface area contributed by atoms with Gasteiger partial charge in [0.05, 0.1) is 6.61 Å². The van der Waals surface area contributed by atoms with Crippen molar-refractivity contribution in [2.45, 2.75) is 20.3 Å². The Hall–Kier alpha value is -1.06. The lowest BCUT2D eigenvalue weighted by Crippen LogP contribution is -2.33. The Morgan fingerprint density at radius 1 is 1.11 bits per heavy atom. The normalized spacial score (nSPS) is 10.8. The van der Waals surface area contributed by atoms with Crippen LogP contribution in [0.25, 0.3) is 0 Å². The number of ether oxygens (including phenoxy) is 1. The first-order chi connectivity index (χ1) is 8.86. The van der Waals surface area contributed by atoms with Gasteiger partial charge in [0.1, 0.15) is 5.75 Å². The highest BCUT2D eigenvalue weighted by atomic mass is 16.5. The Morgan fingerprint density at radius 2 is 1.89 bits per heavy atom. The highest BCUT2D eigenvalue weighted by Gasteiger charge is 2.01. The second kappa shape index (κ2) is 9.92. The molecule has 0 unspecified atom stereocenters. The summed E-state index contributed by atoms with van der Waals surface area (Å²) in [5, 5.41) is 3.36. The minimum Gasteiger partial charge on any atom is -0.494 e. The summed E-state index contributed by atoms with van der Waals surface area (Å²) in [6.45, 7) is 10.6. The van der Waals surface area contributed by atoms with Crippen LogP contribution in [0.5, 0.6) is 5.75 Å². The summed E-state index contributed by atoms with van der Waals surface area (Å²) in [6, 6.07) is 10.0. The van der Waals surface area contributed by atoms with E-state index in [9.17, 15) is 0 Å². The van der Waals surface area contributed by atoms with Crippen molar-refractivity contribution in [3.63, 3.8) is 0 Å². The van der Waals surface area contributed by atoms with Crippen LogP contribution in [0.2, 0.25) is 0 Å². The molecule has 0 radical (unpaired) electrons. The van der Waals surface area contributed by atoms with E-state index < -0.39 is 0 Å². The van der Waals surface area contributed by atoms with E-state index in [1.54, 1.807) is 0 Å². The highest BCUT2D eigenvalue weighted by Crippen LogP contribution is 2.08. The molecule has 0 saturated heterocycles. The van der Waals surface area contributed by atoms with E-state index >= 15 is 0 Å². The van der Waals surface area contributed by atoms with Gasteiger partial charge in [0.25, 0.3) is 0 Å². The molecule has 0 spiro atoms. The summed E-state index contributed by atoms with van der Waals surface area (Å²) in [4.78, 5) is 2.46. The van der Waals surface area contributed by atoms with Crippen LogP contribution in [0.3, 0.4) is 0 Å². The van der Waals surface area contributed by atoms with Crippen molar-refractivity contribution in [3.8, 4) is 5.75 Å². The molecule has 3 heteroatoms. The lowest BCUT2D eigenvalue weighted by molar-refractivity contribution is 0.242. The molecule has 3 nitrogen and oxygen atoms in total. The number of benzene rings is 1. The SMILES string of the molecule is CCNCCN(CC)CCCOc1ccccc1. The fourth-order valence-corrected chi connectivity index (χ4v) is 1.84. The molecule has 1 rings (SSSR count). The van der Waals surface area contributed by atoms with E-state index in [0.29, 0.717) is 0 Å². The summed E-state index contributed by atoms with van der Waals surface area (Å²) < 4.78 is 5.68. The summed E-state index contributed by atoms with van der Waals surface area (Å²) >= 11 is 0. The van der Waals surface area contributed by atoms with E-state index in [0.717, 1.165) is 51.5 Å². The van der Waals surface area contributed by atoms with E-state index in [4.69, 9.17) is 4.74 Å². The molecule has 1 aromatic rings. The molecule has 0 saturated carbocycles. The van der Waals surface area contributed by atoms with E-state index in [2.05, 4.69) is 24.1 Å². The van der Waals surface area contributed by atoms with Gasteiger partial charge in [-0.05, 0) is 31.6 Å². The van der Waals surface area contributed by atoms with Crippen LogP contribution < -0.4 is 10.1 Å². The molecule has 0 aliphatic heterocycles. The summed E-state index contributed by atoms with van der Waals surface area (Å²) in [5.41, 5.74) is 0. The van der Waals surface area contributed by atoms with Gasteiger partial charge in [-0.3, -0.25) is 0 Å². The van der Waals surface area contributed by atoms with Crippen molar-refractivity contribution in [1.82, 2.24) is 10.2 Å². The largest absolute Gasteiger partial charge is 0.494 e. The fraction of sp³-hybridized carbons (Fsp3) is 0.600. The first kappa shape index (κ1) is 15.0. The maximum atomic E-state index is 5.68. The predicted molar refractivity (Wildman–Crippen MR) is 77.2 cm³/mol. The summed E-state index contributed by atoms with van der Waals surface area (Å²) in [6.07, 6.45) is 1.08. The summed E-state index contributed by atoms with van der Waals surface area (Å²) in [7, 11) is 0. The summed E-state index contributed by atoms with van der Waals surface area (Å²) in [5.74, 6) is 0.966. The molecule has 1 aromatic carbocycles. The standard InChI is InChI=1S/C15H26N2O/c1-3-16-11-13-17(4-2)12-8-14-18-15-9-6-5-7-10-15/h5-7,9-10,16H,3-4,8,11-14H2,1-2H3. The average Bonchev–Trinajstić information content (AvgIpc) is 2.43. The number of nitrogens with one attached hydrogen (secondary N) is 1. The van der Waals surface area contributed by atoms with E-state index in [1.807, 2.05) is 30.3 Å². The lowest BCUT2D eigenvalue weighted by atomic mass is 10.3. The quantitative estimate of drug-likeness (QED) is 0.645. The van der Waals surface area contributed by atoms with Gasteiger partial charge in [-0.1, -0.05) is 32.0 Å². The second-order valence-electron chi connectivity index (χ2n) is 4.30. The van der Waals surface area contributed by atoms with Crippen molar-refractivity contribution in [2.75, 3.05) is 39.3 Å². The van der Waals surface area contributed by atoms with Crippen LogP contribution in [0.1, 0.15) is 20.3 Å². The molecule has 0 fully saturated rings. The number of para-hydroxylation sites is 1. The molecular formula is C15H26N2O. The number of hydrogen-bond donors (Lipinski definition) is 1. The lowest BCUT2D eigenvalue weighted by Gasteiger charge is -2.20. The van der Waals surface area contributed by atoms with Crippen molar-refractivity contribution in [2.24, 2.45) is 0 Å². The smallest absolute Gasteiger partial charge is 0.119 e. The van der Waals surface area contributed by atoms with Gasteiger partial charge in [-0.2, -0.15) is 0 Å². The third kappa shape index (κ3) is 6.62. The maximum Gasteiger partial charge on any atom is 0.119 e. The third-order valence-corrected chi connectivity index (χ3v) is 2.93. The number of rotatable bonds is 10. The first-order valence-electron chi connectivity index (χ1n) is 6.97. The number of hydrogen-bond acceptors (Lipinski definition) is 3. The van der Waals surface area contributed by atoms with Crippen LogP contribution in [-0.4, -0.2) is 44.2 Å². The van der Waals surface area contributed by atoms with Crippen LogP contribution in [0, 0.1) is 0 Å². The molecule has 0 amide bonds. The molecule has 0 aliphatic rings. The van der Waals surface area contributed by atoms with Gasteiger partial charge in [-0.25, -0.2) is 0 Å². The Bertz CT molecular complexity index is 290. The Morgan fingerprint density at radius 3 is 2.56 bits per heavy atom. The Balaban J connectivity index is 2.08. The van der Waals surface area contributed by atoms with Crippen molar-refractivity contribution in [3.05, 3.63) is 30.3 Å². The van der Waals surface area contributed by atoms with Crippen LogP contribution in [0.4, 0.5) is 0 Å². The van der Waals surface area contributed by atoms with E-state index in [-0.39, 0.29) is 0 Å². The van der Waals surface area contributed by atoms with Crippen molar-refractivity contribution in [1.29, 1.82) is 0 Å². The van der Waals surface area contributed by atoms with Crippen LogP contribution in [-0.2, 0) is 0 Å². The topological polar surface area (TPSA) is 24.5 Å². The molecule has 0 heterocycles. The zero-order valence-electron chi connectivity index (χ0n) is 11.7. The molecule has 1 N–H and O–H groups in total. The third-order valence-electron chi connectivity index (χ3n) is 2.93. The zero-order chi connectivity index (χ0) is 13.1. The fourth-order valence-electron chi connectivity index (χ4n) is 1.84. The monoisotopic (exact) mass is 250 g/mol. The molecule has 0 bridgehead atoms. The Labute approximate surface area is 111 Å². The minimum atomic E-state index is 0.793. The van der Waals surface area contributed by atoms with Gasteiger partial charge in [-0.15, -0.1) is 0 Å². The first-order valence-corrected chi connectivity index (χ1v) is 6.97. The predicted octanol–water partition coefficient (Wildman–Crippen LogP) is 2.39.